The second-order valence-corrected chi connectivity index (χ2v) is 5.04. The molecule has 94 valence electrons. The highest BCUT2D eigenvalue weighted by Gasteiger charge is 2.21. The Bertz CT molecular complexity index is 373. The van der Waals surface area contributed by atoms with Crippen molar-refractivity contribution in [1.82, 2.24) is 4.98 Å². The summed E-state index contributed by atoms with van der Waals surface area (Å²) in [7, 11) is 0. The molecular formula is C12H16ClNO2S. The zero-order valence-corrected chi connectivity index (χ0v) is 11.6. The summed E-state index contributed by atoms with van der Waals surface area (Å²) in [5.74, 6) is -0.193. The molecule has 0 aliphatic heterocycles. The summed E-state index contributed by atoms with van der Waals surface area (Å²) >= 11 is 7.39. The van der Waals surface area contributed by atoms with Gasteiger partial charge in [0.1, 0.15) is 10.3 Å². The van der Waals surface area contributed by atoms with E-state index in [9.17, 15) is 4.79 Å². The van der Waals surface area contributed by atoms with Crippen LogP contribution in [-0.4, -0.2) is 22.8 Å². The number of rotatable bonds is 6. The maximum Gasteiger partial charge on any atom is 0.319 e. The van der Waals surface area contributed by atoms with Crippen LogP contribution in [0.3, 0.4) is 0 Å². The first kappa shape index (κ1) is 14.3. The highest BCUT2D eigenvalue weighted by Crippen LogP contribution is 2.30. The van der Waals surface area contributed by atoms with Gasteiger partial charge in [-0.1, -0.05) is 36.7 Å². The molecule has 1 unspecified atom stereocenters. The van der Waals surface area contributed by atoms with Crippen LogP contribution in [0.5, 0.6) is 0 Å². The molecule has 0 aliphatic carbocycles. The van der Waals surface area contributed by atoms with Crippen LogP contribution in [-0.2, 0) is 9.53 Å². The maximum atomic E-state index is 11.7. The van der Waals surface area contributed by atoms with E-state index in [-0.39, 0.29) is 11.2 Å². The molecule has 0 N–H and O–H groups in total. The molecule has 1 rings (SSSR count). The Morgan fingerprint density at radius 2 is 2.35 bits per heavy atom. The predicted octanol–water partition coefficient (Wildman–Crippen LogP) is 3.56. The Morgan fingerprint density at radius 3 is 2.94 bits per heavy atom. The van der Waals surface area contributed by atoms with Gasteiger partial charge in [0, 0.05) is 6.20 Å². The van der Waals surface area contributed by atoms with Crippen molar-refractivity contribution in [3.63, 3.8) is 0 Å². The number of hydrogen-bond acceptors (Lipinski definition) is 4. The van der Waals surface area contributed by atoms with Crippen molar-refractivity contribution in [2.75, 3.05) is 6.61 Å². The molecular weight excluding hydrogens is 258 g/mol. The quantitative estimate of drug-likeness (QED) is 0.587. The number of ether oxygens (including phenoxy) is 1. The minimum Gasteiger partial charge on any atom is -0.465 e. The van der Waals surface area contributed by atoms with Crippen LogP contribution in [0.4, 0.5) is 0 Å². The summed E-state index contributed by atoms with van der Waals surface area (Å²) in [5.41, 5.74) is 0. The first-order valence-electron chi connectivity index (χ1n) is 5.62. The highest BCUT2D eigenvalue weighted by atomic mass is 35.5. The number of carbonyl (C=O) groups excluding carboxylic acids is 1. The second kappa shape index (κ2) is 7.56. The number of pyridine rings is 1. The van der Waals surface area contributed by atoms with Gasteiger partial charge in [-0.15, -0.1) is 0 Å². The SMILES string of the molecule is CCCC(Sc1ncccc1Cl)C(=O)OCC. The van der Waals surface area contributed by atoms with Crippen molar-refractivity contribution in [3.8, 4) is 0 Å². The zero-order valence-electron chi connectivity index (χ0n) is 9.98. The number of thioether (sulfide) groups is 1. The molecule has 5 heteroatoms. The van der Waals surface area contributed by atoms with E-state index in [4.69, 9.17) is 16.3 Å². The van der Waals surface area contributed by atoms with Crippen molar-refractivity contribution in [2.24, 2.45) is 0 Å². The van der Waals surface area contributed by atoms with E-state index in [1.165, 1.54) is 11.8 Å². The monoisotopic (exact) mass is 273 g/mol. The number of hydrogen-bond donors (Lipinski definition) is 0. The van der Waals surface area contributed by atoms with Gasteiger partial charge in [0.15, 0.2) is 0 Å². The molecule has 0 amide bonds. The van der Waals surface area contributed by atoms with Crippen LogP contribution < -0.4 is 0 Å². The van der Waals surface area contributed by atoms with Gasteiger partial charge < -0.3 is 4.74 Å². The lowest BCUT2D eigenvalue weighted by Crippen LogP contribution is -2.20. The topological polar surface area (TPSA) is 39.2 Å². The molecule has 0 aliphatic rings. The van der Waals surface area contributed by atoms with Crippen molar-refractivity contribution < 1.29 is 9.53 Å². The first-order chi connectivity index (χ1) is 8.19. The van der Waals surface area contributed by atoms with Crippen molar-refractivity contribution in [2.45, 2.75) is 37.0 Å². The minimum atomic E-state index is -0.229. The van der Waals surface area contributed by atoms with Crippen LogP contribution in [0.25, 0.3) is 0 Å². The van der Waals surface area contributed by atoms with Gasteiger partial charge in [-0.3, -0.25) is 4.79 Å². The lowest BCUT2D eigenvalue weighted by atomic mass is 10.2. The summed E-state index contributed by atoms with van der Waals surface area (Å²) in [6.07, 6.45) is 3.35. The van der Waals surface area contributed by atoms with E-state index < -0.39 is 0 Å². The van der Waals surface area contributed by atoms with E-state index in [1.54, 1.807) is 25.3 Å². The molecule has 1 atom stereocenters. The highest BCUT2D eigenvalue weighted by molar-refractivity contribution is 8.00. The van der Waals surface area contributed by atoms with E-state index in [0.717, 1.165) is 12.8 Å². The number of carbonyl (C=O) groups is 1. The number of nitrogens with zero attached hydrogens (tertiary/aromatic N) is 1. The summed E-state index contributed by atoms with van der Waals surface area (Å²) in [5, 5.41) is 1.02. The summed E-state index contributed by atoms with van der Waals surface area (Å²) in [6, 6.07) is 3.54. The van der Waals surface area contributed by atoms with Gasteiger partial charge in [0.05, 0.1) is 11.6 Å². The fourth-order valence-corrected chi connectivity index (χ4v) is 2.66. The number of halogens is 1. The summed E-state index contributed by atoms with van der Waals surface area (Å²) < 4.78 is 5.04. The molecule has 0 saturated heterocycles. The first-order valence-corrected chi connectivity index (χ1v) is 6.88. The third-order valence-corrected chi connectivity index (χ3v) is 3.76. The molecule has 3 nitrogen and oxygen atoms in total. The molecule has 17 heavy (non-hydrogen) atoms. The molecule has 1 heterocycles. The molecule has 1 aromatic heterocycles. The Labute approximate surface area is 111 Å². The van der Waals surface area contributed by atoms with Crippen molar-refractivity contribution in [3.05, 3.63) is 23.4 Å². The van der Waals surface area contributed by atoms with E-state index in [1.807, 2.05) is 6.92 Å². The predicted molar refractivity (Wildman–Crippen MR) is 70.4 cm³/mol. The average Bonchev–Trinajstić information content (AvgIpc) is 2.31. The maximum absolute atomic E-state index is 11.7. The normalized spacial score (nSPS) is 12.2. The number of aromatic nitrogens is 1. The fourth-order valence-electron chi connectivity index (χ4n) is 1.31. The molecule has 1 aromatic rings. The lowest BCUT2D eigenvalue weighted by Gasteiger charge is -2.14. The van der Waals surface area contributed by atoms with Crippen molar-refractivity contribution in [1.29, 1.82) is 0 Å². The van der Waals surface area contributed by atoms with Gasteiger partial charge in [0.25, 0.3) is 0 Å². The summed E-state index contributed by atoms with van der Waals surface area (Å²) in [6.45, 7) is 4.24. The van der Waals surface area contributed by atoms with Crippen LogP contribution >= 0.6 is 23.4 Å². The van der Waals surface area contributed by atoms with Gasteiger partial charge in [-0.05, 0) is 25.5 Å². The standard InChI is InChI=1S/C12H16ClNO2S/c1-3-6-10(12(15)16-4-2)17-11-9(13)7-5-8-14-11/h5,7-8,10H,3-4,6H2,1-2H3. The smallest absolute Gasteiger partial charge is 0.319 e. The van der Waals surface area contributed by atoms with Gasteiger partial charge in [-0.25, -0.2) is 4.98 Å². The minimum absolute atomic E-state index is 0.193. The largest absolute Gasteiger partial charge is 0.465 e. The average molecular weight is 274 g/mol. The Kier molecular flexibility index (Phi) is 6.37. The molecule has 0 aromatic carbocycles. The molecule has 0 bridgehead atoms. The van der Waals surface area contributed by atoms with Gasteiger partial charge >= 0.3 is 5.97 Å². The Hall–Kier alpha value is -0.740. The second-order valence-electron chi connectivity index (χ2n) is 3.44. The molecule has 0 fully saturated rings. The van der Waals surface area contributed by atoms with Gasteiger partial charge in [0.2, 0.25) is 0 Å². The lowest BCUT2D eigenvalue weighted by molar-refractivity contribution is -0.142. The third kappa shape index (κ3) is 4.56. The van der Waals surface area contributed by atoms with Crippen LogP contribution in [0.2, 0.25) is 5.02 Å². The van der Waals surface area contributed by atoms with Crippen LogP contribution in [0.15, 0.2) is 23.4 Å². The third-order valence-electron chi connectivity index (χ3n) is 2.08. The molecule has 0 saturated carbocycles. The number of esters is 1. The van der Waals surface area contributed by atoms with Crippen LogP contribution in [0, 0.1) is 0 Å². The van der Waals surface area contributed by atoms with E-state index in [0.29, 0.717) is 16.7 Å². The summed E-state index contributed by atoms with van der Waals surface area (Å²) in [4.78, 5) is 15.9. The zero-order chi connectivity index (χ0) is 12.7. The molecule has 0 spiro atoms. The van der Waals surface area contributed by atoms with Crippen LogP contribution in [0.1, 0.15) is 26.7 Å². The van der Waals surface area contributed by atoms with E-state index >= 15 is 0 Å². The molecule has 0 radical (unpaired) electrons. The Morgan fingerprint density at radius 1 is 1.59 bits per heavy atom. The Balaban J connectivity index is 2.73. The van der Waals surface area contributed by atoms with E-state index in [2.05, 4.69) is 4.98 Å². The fraction of sp³-hybridized carbons (Fsp3) is 0.500. The van der Waals surface area contributed by atoms with Gasteiger partial charge in [-0.2, -0.15) is 0 Å². The van der Waals surface area contributed by atoms with Crippen molar-refractivity contribution >= 4 is 29.3 Å².